The largest absolute Gasteiger partial charge is 0.362 e. The van der Waals surface area contributed by atoms with E-state index in [4.69, 9.17) is 4.74 Å². The molecule has 2 aromatic rings. The second-order valence-electron chi connectivity index (χ2n) is 6.34. The van der Waals surface area contributed by atoms with Crippen molar-refractivity contribution in [3.8, 4) is 0 Å². The van der Waals surface area contributed by atoms with Crippen molar-refractivity contribution in [2.45, 2.75) is 26.0 Å². The van der Waals surface area contributed by atoms with Crippen LogP contribution in [0.4, 0.5) is 0 Å². The molecule has 1 heterocycles. The molecule has 5 heteroatoms. The molecule has 1 unspecified atom stereocenters. The summed E-state index contributed by atoms with van der Waals surface area (Å²) >= 11 is 0. The van der Waals surface area contributed by atoms with Gasteiger partial charge in [0, 0.05) is 20.0 Å². The van der Waals surface area contributed by atoms with Crippen molar-refractivity contribution in [2.24, 2.45) is 0 Å². The number of amides is 2. The van der Waals surface area contributed by atoms with Crippen LogP contribution >= 0.6 is 0 Å². The zero-order valence-electron chi connectivity index (χ0n) is 14.0. The van der Waals surface area contributed by atoms with E-state index in [0.717, 1.165) is 16.3 Å². The van der Waals surface area contributed by atoms with Crippen LogP contribution in [0.5, 0.6) is 0 Å². The van der Waals surface area contributed by atoms with Crippen molar-refractivity contribution in [2.75, 3.05) is 19.7 Å². The molecule has 0 aliphatic carbocycles. The molecule has 0 saturated carbocycles. The van der Waals surface area contributed by atoms with Crippen molar-refractivity contribution in [3.05, 3.63) is 48.0 Å². The number of ether oxygens (including phenoxy) is 1. The molecule has 24 heavy (non-hydrogen) atoms. The molecule has 0 aromatic heterocycles. The third-order valence-corrected chi connectivity index (χ3v) is 4.52. The van der Waals surface area contributed by atoms with Gasteiger partial charge in [-0.1, -0.05) is 42.5 Å². The normalized spacial score (nSPS) is 20.8. The molecular weight excluding hydrogens is 304 g/mol. The van der Waals surface area contributed by atoms with E-state index in [9.17, 15) is 9.59 Å². The van der Waals surface area contributed by atoms with Gasteiger partial charge < -0.3 is 15.0 Å². The Bertz CT molecular complexity index is 769. The van der Waals surface area contributed by atoms with Crippen molar-refractivity contribution in [1.29, 1.82) is 0 Å². The molecule has 1 N–H and O–H groups in total. The minimum Gasteiger partial charge on any atom is -0.362 e. The molecule has 1 saturated heterocycles. The predicted octanol–water partition coefficient (Wildman–Crippen LogP) is 2.09. The summed E-state index contributed by atoms with van der Waals surface area (Å²) < 4.78 is 5.68. The molecule has 3 rings (SSSR count). The zero-order chi connectivity index (χ0) is 17.2. The summed E-state index contributed by atoms with van der Waals surface area (Å²) in [7, 11) is 0. The summed E-state index contributed by atoms with van der Waals surface area (Å²) in [5, 5.41) is 5.23. The number of nitrogens with zero attached hydrogens (tertiary/aromatic N) is 1. The monoisotopic (exact) mass is 326 g/mol. The van der Waals surface area contributed by atoms with Gasteiger partial charge in [-0.05, 0) is 23.3 Å². The Kier molecular flexibility index (Phi) is 4.53. The molecule has 1 atom stereocenters. The highest BCUT2D eigenvalue weighted by Gasteiger charge is 2.39. The van der Waals surface area contributed by atoms with Crippen LogP contribution in [0.15, 0.2) is 42.5 Å². The van der Waals surface area contributed by atoms with Crippen LogP contribution in [0.3, 0.4) is 0 Å². The van der Waals surface area contributed by atoms with Crippen LogP contribution in [-0.2, 0) is 20.9 Å². The average Bonchev–Trinajstić information content (AvgIpc) is 2.59. The Morgan fingerprint density at radius 1 is 1.21 bits per heavy atom. The van der Waals surface area contributed by atoms with Gasteiger partial charge in [0.2, 0.25) is 5.91 Å². The van der Waals surface area contributed by atoms with E-state index in [1.165, 1.54) is 6.92 Å². The molecule has 1 fully saturated rings. The van der Waals surface area contributed by atoms with E-state index in [0.29, 0.717) is 19.7 Å². The SMILES string of the molecule is CC(=O)N1CCOC(C)(C(=O)NCc2cccc3ccccc23)C1. The number of nitrogens with one attached hydrogen (secondary N) is 1. The number of hydrogen-bond donors (Lipinski definition) is 1. The van der Waals surface area contributed by atoms with Crippen molar-refractivity contribution in [3.63, 3.8) is 0 Å². The minimum atomic E-state index is -1.01. The molecular formula is C19H22N2O3. The molecule has 2 amide bonds. The van der Waals surface area contributed by atoms with Crippen LogP contribution in [0.1, 0.15) is 19.4 Å². The number of carbonyl (C=O) groups is 2. The summed E-state index contributed by atoms with van der Waals surface area (Å²) in [5.74, 6) is -0.229. The predicted molar refractivity (Wildman–Crippen MR) is 92.4 cm³/mol. The number of carbonyl (C=O) groups excluding carboxylic acids is 2. The maximum absolute atomic E-state index is 12.6. The highest BCUT2D eigenvalue weighted by Crippen LogP contribution is 2.20. The third kappa shape index (κ3) is 3.26. The lowest BCUT2D eigenvalue weighted by molar-refractivity contribution is -0.162. The third-order valence-electron chi connectivity index (χ3n) is 4.52. The first-order valence-electron chi connectivity index (χ1n) is 8.14. The van der Waals surface area contributed by atoms with Gasteiger partial charge in [0.15, 0.2) is 5.60 Å². The Morgan fingerprint density at radius 3 is 2.75 bits per heavy atom. The van der Waals surface area contributed by atoms with Gasteiger partial charge in [0.25, 0.3) is 5.91 Å². The molecule has 0 radical (unpaired) electrons. The molecule has 5 nitrogen and oxygen atoms in total. The van der Waals surface area contributed by atoms with Crippen molar-refractivity contribution in [1.82, 2.24) is 10.2 Å². The van der Waals surface area contributed by atoms with Crippen LogP contribution in [0, 0.1) is 0 Å². The zero-order valence-corrected chi connectivity index (χ0v) is 14.0. The first-order chi connectivity index (χ1) is 11.5. The van der Waals surface area contributed by atoms with Gasteiger partial charge in [-0.15, -0.1) is 0 Å². The van der Waals surface area contributed by atoms with E-state index in [1.54, 1.807) is 11.8 Å². The molecule has 0 spiro atoms. The van der Waals surface area contributed by atoms with Gasteiger partial charge in [-0.3, -0.25) is 9.59 Å². The first-order valence-corrected chi connectivity index (χ1v) is 8.14. The molecule has 1 aliphatic rings. The van der Waals surface area contributed by atoms with Gasteiger partial charge in [-0.2, -0.15) is 0 Å². The van der Waals surface area contributed by atoms with E-state index < -0.39 is 5.60 Å². The lowest BCUT2D eigenvalue weighted by atomic mass is 10.0. The van der Waals surface area contributed by atoms with Crippen molar-refractivity contribution >= 4 is 22.6 Å². The number of rotatable bonds is 3. The molecule has 2 aromatic carbocycles. The lowest BCUT2D eigenvalue weighted by Gasteiger charge is -2.38. The Balaban J connectivity index is 1.71. The molecule has 1 aliphatic heterocycles. The van der Waals surface area contributed by atoms with E-state index in [1.807, 2.05) is 30.3 Å². The standard InChI is InChI=1S/C19H22N2O3/c1-14(22)21-10-11-24-19(2,13-21)18(23)20-12-16-8-5-7-15-6-3-4-9-17(15)16/h3-9H,10-13H2,1-2H3,(H,20,23). The highest BCUT2D eigenvalue weighted by atomic mass is 16.5. The smallest absolute Gasteiger partial charge is 0.254 e. The summed E-state index contributed by atoms with van der Waals surface area (Å²) in [6.07, 6.45) is 0. The average molecular weight is 326 g/mol. The topological polar surface area (TPSA) is 58.6 Å². The summed E-state index contributed by atoms with van der Waals surface area (Å²) in [5.41, 5.74) is 0.0541. The first kappa shape index (κ1) is 16.5. The van der Waals surface area contributed by atoms with Crippen LogP contribution in [0.2, 0.25) is 0 Å². The van der Waals surface area contributed by atoms with E-state index >= 15 is 0 Å². The fraction of sp³-hybridized carbons (Fsp3) is 0.368. The maximum atomic E-state index is 12.6. The second-order valence-corrected chi connectivity index (χ2v) is 6.34. The highest BCUT2D eigenvalue weighted by molar-refractivity contribution is 5.88. The van der Waals surface area contributed by atoms with E-state index in [-0.39, 0.29) is 18.4 Å². The minimum absolute atomic E-state index is 0.0358. The quantitative estimate of drug-likeness (QED) is 0.940. The van der Waals surface area contributed by atoms with E-state index in [2.05, 4.69) is 17.4 Å². The van der Waals surface area contributed by atoms with Gasteiger partial charge in [0.1, 0.15) is 0 Å². The van der Waals surface area contributed by atoms with Crippen LogP contribution in [-0.4, -0.2) is 42.0 Å². The fourth-order valence-electron chi connectivity index (χ4n) is 3.09. The number of hydrogen-bond acceptors (Lipinski definition) is 3. The summed E-state index contributed by atoms with van der Waals surface area (Å²) in [4.78, 5) is 25.9. The lowest BCUT2D eigenvalue weighted by Crippen LogP contribution is -2.58. The second kappa shape index (κ2) is 6.61. The van der Waals surface area contributed by atoms with Crippen molar-refractivity contribution < 1.29 is 14.3 Å². The Hall–Kier alpha value is -2.40. The molecule has 0 bridgehead atoms. The van der Waals surface area contributed by atoms with Crippen LogP contribution < -0.4 is 5.32 Å². The summed E-state index contributed by atoms with van der Waals surface area (Å²) in [6.45, 7) is 4.86. The van der Waals surface area contributed by atoms with Gasteiger partial charge in [0.05, 0.1) is 13.2 Å². The fourth-order valence-corrected chi connectivity index (χ4v) is 3.09. The Labute approximate surface area is 141 Å². The summed E-state index contributed by atoms with van der Waals surface area (Å²) in [6, 6.07) is 14.1. The Morgan fingerprint density at radius 2 is 1.96 bits per heavy atom. The number of benzene rings is 2. The van der Waals surface area contributed by atoms with Gasteiger partial charge in [-0.25, -0.2) is 0 Å². The van der Waals surface area contributed by atoms with Gasteiger partial charge >= 0.3 is 0 Å². The van der Waals surface area contributed by atoms with Crippen LogP contribution in [0.25, 0.3) is 10.8 Å². The maximum Gasteiger partial charge on any atom is 0.254 e. The number of fused-ring (bicyclic) bond motifs is 1. The number of morpholine rings is 1. The molecule has 126 valence electrons.